The molecule has 1 amide bonds. The molecule has 1 aliphatic rings. The van der Waals surface area contributed by atoms with Gasteiger partial charge < -0.3 is 15.0 Å². The number of benzene rings is 1. The van der Waals surface area contributed by atoms with Crippen LogP contribution in [-0.2, 0) is 14.3 Å². The van der Waals surface area contributed by atoms with Crippen molar-refractivity contribution in [3.8, 4) is 0 Å². The summed E-state index contributed by atoms with van der Waals surface area (Å²) in [6.45, 7) is 1.97. The zero-order valence-electron chi connectivity index (χ0n) is 13.6. The summed E-state index contributed by atoms with van der Waals surface area (Å²) in [4.78, 5) is 24.9. The molecule has 5 heteroatoms. The Morgan fingerprint density at radius 1 is 1.13 bits per heavy atom. The number of esters is 1. The molecule has 1 heterocycles. The number of anilines is 1. The minimum atomic E-state index is -0.523. The summed E-state index contributed by atoms with van der Waals surface area (Å²) >= 11 is 0. The second-order valence-electron chi connectivity index (χ2n) is 5.61. The van der Waals surface area contributed by atoms with E-state index in [9.17, 15) is 9.59 Å². The van der Waals surface area contributed by atoms with E-state index in [1.807, 2.05) is 12.1 Å². The molecular formula is C18H24N2O3. The van der Waals surface area contributed by atoms with Crippen molar-refractivity contribution < 1.29 is 14.3 Å². The Hall–Kier alpha value is -2.30. The molecule has 1 N–H and O–H groups in total. The minimum absolute atomic E-state index is 0.256. The van der Waals surface area contributed by atoms with Crippen LogP contribution >= 0.6 is 0 Å². The normalized spacial score (nSPS) is 15.3. The van der Waals surface area contributed by atoms with Crippen molar-refractivity contribution in [3.05, 3.63) is 35.9 Å². The van der Waals surface area contributed by atoms with Crippen LogP contribution in [0.15, 0.2) is 30.3 Å². The molecule has 1 fully saturated rings. The third kappa shape index (κ3) is 5.77. The van der Waals surface area contributed by atoms with Crippen LogP contribution in [0.3, 0.4) is 0 Å². The van der Waals surface area contributed by atoms with Gasteiger partial charge in [-0.15, -0.1) is 0 Å². The van der Waals surface area contributed by atoms with Gasteiger partial charge >= 0.3 is 5.97 Å². The van der Waals surface area contributed by atoms with Crippen molar-refractivity contribution >= 4 is 23.6 Å². The number of nitrogens with one attached hydrogen (secondary N) is 1. The van der Waals surface area contributed by atoms with E-state index in [0.717, 1.165) is 18.7 Å². The number of carbonyl (C=O) groups is 2. The zero-order chi connectivity index (χ0) is 16.5. The van der Waals surface area contributed by atoms with Gasteiger partial charge in [0.05, 0.1) is 0 Å². The number of ether oxygens (including phenoxy) is 1. The molecule has 0 unspecified atom stereocenters. The van der Waals surface area contributed by atoms with Gasteiger partial charge in [-0.25, -0.2) is 4.79 Å². The van der Waals surface area contributed by atoms with Gasteiger partial charge in [0, 0.05) is 31.9 Å². The standard InChI is InChI=1S/C18H24N2O3/c1-19-17(21)14-23-18(22)11-8-15-6-9-16(10-7-15)20-12-4-2-3-5-13-20/h6-11H,2-5,12-14H2,1H3,(H,19,21)/b11-8+. The largest absolute Gasteiger partial charge is 0.452 e. The Labute approximate surface area is 137 Å². The summed E-state index contributed by atoms with van der Waals surface area (Å²) < 4.78 is 4.80. The lowest BCUT2D eigenvalue weighted by molar-refractivity contribution is -0.143. The van der Waals surface area contributed by atoms with Crippen LogP contribution in [0.4, 0.5) is 5.69 Å². The number of likely N-dealkylation sites (N-methyl/N-ethyl adjacent to an activating group) is 1. The van der Waals surface area contributed by atoms with Crippen LogP contribution < -0.4 is 10.2 Å². The number of amides is 1. The van der Waals surface area contributed by atoms with Gasteiger partial charge in [0.1, 0.15) is 0 Å². The van der Waals surface area contributed by atoms with Crippen LogP contribution in [0, 0.1) is 0 Å². The summed E-state index contributed by atoms with van der Waals surface area (Å²) in [7, 11) is 1.50. The molecule has 0 spiro atoms. The monoisotopic (exact) mass is 316 g/mol. The summed E-state index contributed by atoms with van der Waals surface area (Å²) in [6.07, 6.45) is 8.16. The zero-order valence-corrected chi connectivity index (χ0v) is 13.6. The first-order chi connectivity index (χ1) is 11.2. The summed E-state index contributed by atoms with van der Waals surface area (Å²) in [6, 6.07) is 8.15. The Balaban J connectivity index is 1.87. The molecular weight excluding hydrogens is 292 g/mol. The van der Waals surface area contributed by atoms with Crippen LogP contribution in [0.1, 0.15) is 31.2 Å². The second kappa shape index (κ2) is 8.98. The van der Waals surface area contributed by atoms with E-state index in [4.69, 9.17) is 4.74 Å². The Morgan fingerprint density at radius 3 is 2.39 bits per heavy atom. The molecule has 2 rings (SSSR count). The fraction of sp³-hybridized carbons (Fsp3) is 0.444. The number of carbonyl (C=O) groups excluding carboxylic acids is 2. The first-order valence-electron chi connectivity index (χ1n) is 8.09. The van der Waals surface area contributed by atoms with Gasteiger partial charge in [0.2, 0.25) is 0 Å². The number of hydrogen-bond donors (Lipinski definition) is 1. The highest BCUT2D eigenvalue weighted by atomic mass is 16.5. The average Bonchev–Trinajstić information content (AvgIpc) is 2.87. The SMILES string of the molecule is CNC(=O)COC(=O)/C=C/c1ccc(N2CCCCCC2)cc1. The van der Waals surface area contributed by atoms with Crippen molar-refractivity contribution in [3.63, 3.8) is 0 Å². The maximum atomic E-state index is 11.5. The lowest BCUT2D eigenvalue weighted by Crippen LogP contribution is -2.24. The van der Waals surface area contributed by atoms with Gasteiger partial charge in [0.25, 0.3) is 5.91 Å². The molecule has 0 aliphatic carbocycles. The topological polar surface area (TPSA) is 58.6 Å². The molecule has 0 atom stereocenters. The molecule has 1 aromatic carbocycles. The smallest absolute Gasteiger partial charge is 0.331 e. The number of hydrogen-bond acceptors (Lipinski definition) is 4. The van der Waals surface area contributed by atoms with Gasteiger partial charge in [-0.3, -0.25) is 4.79 Å². The van der Waals surface area contributed by atoms with Crippen molar-refractivity contribution in [1.29, 1.82) is 0 Å². The highest BCUT2D eigenvalue weighted by Gasteiger charge is 2.09. The predicted molar refractivity (Wildman–Crippen MR) is 91.2 cm³/mol. The van der Waals surface area contributed by atoms with Crippen LogP contribution in [0.5, 0.6) is 0 Å². The molecule has 1 saturated heterocycles. The minimum Gasteiger partial charge on any atom is -0.452 e. The third-order valence-corrected chi connectivity index (χ3v) is 3.90. The molecule has 0 saturated carbocycles. The molecule has 0 aromatic heterocycles. The first kappa shape index (κ1) is 17.1. The summed E-state index contributed by atoms with van der Waals surface area (Å²) in [5.74, 6) is -0.848. The molecule has 0 radical (unpaired) electrons. The molecule has 1 aliphatic heterocycles. The van der Waals surface area contributed by atoms with Crippen LogP contribution in [0.2, 0.25) is 0 Å². The first-order valence-corrected chi connectivity index (χ1v) is 8.09. The highest BCUT2D eigenvalue weighted by molar-refractivity contribution is 5.89. The van der Waals surface area contributed by atoms with E-state index in [-0.39, 0.29) is 12.5 Å². The Bertz CT molecular complexity index is 544. The van der Waals surface area contributed by atoms with E-state index >= 15 is 0 Å². The van der Waals surface area contributed by atoms with Crippen LogP contribution in [-0.4, -0.2) is 38.6 Å². The van der Waals surface area contributed by atoms with E-state index in [1.165, 1.54) is 44.5 Å². The fourth-order valence-electron chi connectivity index (χ4n) is 2.55. The predicted octanol–water partition coefficient (Wildman–Crippen LogP) is 2.37. The highest BCUT2D eigenvalue weighted by Crippen LogP contribution is 2.20. The van der Waals surface area contributed by atoms with Crippen molar-refractivity contribution in [2.24, 2.45) is 0 Å². The summed E-state index contributed by atoms with van der Waals surface area (Å²) in [5.41, 5.74) is 2.16. The number of rotatable bonds is 5. The Kier molecular flexibility index (Phi) is 6.66. The van der Waals surface area contributed by atoms with Gasteiger partial charge in [0.15, 0.2) is 6.61 Å². The average molecular weight is 316 g/mol. The van der Waals surface area contributed by atoms with Crippen LogP contribution in [0.25, 0.3) is 6.08 Å². The molecule has 1 aromatic rings. The summed E-state index contributed by atoms with van der Waals surface area (Å²) in [5, 5.41) is 2.39. The van der Waals surface area contributed by atoms with Gasteiger partial charge in [-0.05, 0) is 36.6 Å². The quantitative estimate of drug-likeness (QED) is 0.669. The van der Waals surface area contributed by atoms with Crippen molar-refractivity contribution in [1.82, 2.24) is 5.32 Å². The van der Waals surface area contributed by atoms with Crippen molar-refractivity contribution in [2.75, 3.05) is 31.6 Å². The number of nitrogens with zero attached hydrogens (tertiary/aromatic N) is 1. The molecule has 124 valence electrons. The maximum Gasteiger partial charge on any atom is 0.331 e. The molecule has 23 heavy (non-hydrogen) atoms. The van der Waals surface area contributed by atoms with E-state index in [1.54, 1.807) is 6.08 Å². The van der Waals surface area contributed by atoms with E-state index in [2.05, 4.69) is 22.3 Å². The fourth-order valence-corrected chi connectivity index (χ4v) is 2.55. The van der Waals surface area contributed by atoms with Gasteiger partial charge in [-0.2, -0.15) is 0 Å². The molecule has 5 nitrogen and oxygen atoms in total. The van der Waals surface area contributed by atoms with E-state index < -0.39 is 5.97 Å². The van der Waals surface area contributed by atoms with E-state index in [0.29, 0.717) is 0 Å². The van der Waals surface area contributed by atoms with Crippen molar-refractivity contribution in [2.45, 2.75) is 25.7 Å². The Morgan fingerprint density at radius 2 is 1.78 bits per heavy atom. The lowest BCUT2D eigenvalue weighted by atomic mass is 10.1. The maximum absolute atomic E-state index is 11.5. The second-order valence-corrected chi connectivity index (χ2v) is 5.61. The lowest BCUT2D eigenvalue weighted by Gasteiger charge is -2.22. The van der Waals surface area contributed by atoms with Gasteiger partial charge in [-0.1, -0.05) is 25.0 Å². The molecule has 0 bridgehead atoms. The third-order valence-electron chi connectivity index (χ3n) is 3.90.